The molecule has 1 N–H and O–H groups in total. The zero-order valence-corrected chi connectivity index (χ0v) is 19.3. The predicted molar refractivity (Wildman–Crippen MR) is 122 cm³/mol. The van der Waals surface area contributed by atoms with Crippen LogP contribution in [0.5, 0.6) is 0 Å². The molecule has 2 saturated heterocycles. The minimum Gasteiger partial charge on any atom is -0.376 e. The minimum atomic E-state index is -0.0519. The Morgan fingerprint density at radius 3 is 2.68 bits per heavy atom. The molecule has 0 saturated carbocycles. The fraction of sp³-hybridized carbons (Fsp3) is 0.682. The van der Waals surface area contributed by atoms with Crippen LogP contribution in [-0.2, 0) is 33.7 Å². The van der Waals surface area contributed by atoms with Gasteiger partial charge in [-0.05, 0) is 56.9 Å². The van der Waals surface area contributed by atoms with Gasteiger partial charge in [0.05, 0.1) is 29.9 Å². The largest absolute Gasteiger partial charge is 0.376 e. The molecule has 31 heavy (non-hydrogen) atoms. The number of nitrogens with zero attached hydrogens (tertiary/aromatic N) is 2. The summed E-state index contributed by atoms with van der Waals surface area (Å²) in [7, 11) is 0. The van der Waals surface area contributed by atoms with Crippen molar-refractivity contribution in [3.8, 4) is 0 Å². The first-order valence-corrected chi connectivity index (χ1v) is 13.2. The summed E-state index contributed by atoms with van der Waals surface area (Å²) in [5.41, 5.74) is 1.23. The third-order valence-corrected chi connectivity index (χ3v) is 8.50. The molecule has 168 valence electrons. The first-order valence-electron chi connectivity index (χ1n) is 11.4. The van der Waals surface area contributed by atoms with Gasteiger partial charge in [0.25, 0.3) is 5.56 Å². The topological polar surface area (TPSA) is 82.5 Å². The molecule has 1 aliphatic carbocycles. The maximum Gasteiger partial charge on any atom is 0.263 e. The number of amides is 1. The van der Waals surface area contributed by atoms with E-state index in [-0.39, 0.29) is 29.4 Å². The molecule has 4 heterocycles. The number of thioether (sulfide) groups is 1. The van der Waals surface area contributed by atoms with Gasteiger partial charge in [-0.1, -0.05) is 11.8 Å². The molecule has 2 fully saturated rings. The van der Waals surface area contributed by atoms with Crippen molar-refractivity contribution in [1.29, 1.82) is 0 Å². The smallest absolute Gasteiger partial charge is 0.263 e. The third kappa shape index (κ3) is 4.69. The van der Waals surface area contributed by atoms with Gasteiger partial charge in [0, 0.05) is 24.6 Å². The lowest BCUT2D eigenvalue weighted by Crippen LogP contribution is -2.33. The molecule has 2 aliphatic heterocycles. The Morgan fingerprint density at radius 1 is 1.13 bits per heavy atom. The second-order valence-corrected chi connectivity index (χ2v) is 10.6. The molecule has 0 aromatic carbocycles. The Bertz CT molecular complexity index is 1010. The SMILES string of the molecule is O=C(CSc1nc2sc3c(c2c(=O)n1C[C@@H]1CCCO1)CCCC3)NC[C@H]1CCCO1. The number of nitrogens with one attached hydrogen (secondary N) is 1. The Hall–Kier alpha value is -1.42. The van der Waals surface area contributed by atoms with Crippen molar-refractivity contribution in [2.45, 2.75) is 75.3 Å². The maximum absolute atomic E-state index is 13.6. The molecule has 2 atom stereocenters. The minimum absolute atomic E-state index is 0.0298. The van der Waals surface area contributed by atoms with Crippen LogP contribution in [0.4, 0.5) is 0 Å². The Kier molecular flexibility index (Phi) is 6.64. The summed E-state index contributed by atoms with van der Waals surface area (Å²) in [6, 6.07) is 0. The number of carbonyl (C=O) groups is 1. The predicted octanol–water partition coefficient (Wildman–Crippen LogP) is 2.90. The van der Waals surface area contributed by atoms with E-state index in [1.165, 1.54) is 28.6 Å². The summed E-state index contributed by atoms with van der Waals surface area (Å²) >= 11 is 3.00. The van der Waals surface area contributed by atoms with Crippen LogP contribution in [0.15, 0.2) is 9.95 Å². The second-order valence-electron chi connectivity index (χ2n) is 8.56. The van der Waals surface area contributed by atoms with Crippen LogP contribution in [0.3, 0.4) is 0 Å². The van der Waals surface area contributed by atoms with Crippen molar-refractivity contribution >= 4 is 39.2 Å². The second kappa shape index (κ2) is 9.60. The monoisotopic (exact) mass is 463 g/mol. The van der Waals surface area contributed by atoms with E-state index in [1.54, 1.807) is 15.9 Å². The number of carbonyl (C=O) groups excluding carboxylic acids is 1. The molecule has 9 heteroatoms. The number of rotatable bonds is 7. The quantitative estimate of drug-likeness (QED) is 0.502. The molecule has 0 radical (unpaired) electrons. The summed E-state index contributed by atoms with van der Waals surface area (Å²) in [5.74, 6) is 0.186. The van der Waals surface area contributed by atoms with E-state index in [0.29, 0.717) is 18.2 Å². The Labute approximate surface area is 189 Å². The van der Waals surface area contributed by atoms with Crippen LogP contribution in [0.1, 0.15) is 49.0 Å². The summed E-state index contributed by atoms with van der Waals surface area (Å²) in [6.07, 6.45) is 8.50. The summed E-state index contributed by atoms with van der Waals surface area (Å²) in [5, 5.41) is 4.38. The maximum atomic E-state index is 13.6. The highest BCUT2D eigenvalue weighted by Gasteiger charge is 2.25. The van der Waals surface area contributed by atoms with Crippen LogP contribution >= 0.6 is 23.1 Å². The molecule has 0 spiro atoms. The number of ether oxygens (including phenoxy) is 2. The Balaban J connectivity index is 1.38. The molecule has 5 rings (SSSR count). The van der Waals surface area contributed by atoms with Gasteiger partial charge in [0.1, 0.15) is 4.83 Å². The van der Waals surface area contributed by atoms with Crippen molar-refractivity contribution in [1.82, 2.24) is 14.9 Å². The number of aryl methyl sites for hydroxylation is 2. The van der Waals surface area contributed by atoms with Crippen molar-refractivity contribution < 1.29 is 14.3 Å². The lowest BCUT2D eigenvalue weighted by molar-refractivity contribution is -0.119. The van der Waals surface area contributed by atoms with Gasteiger partial charge in [-0.15, -0.1) is 11.3 Å². The fourth-order valence-electron chi connectivity index (χ4n) is 4.70. The Morgan fingerprint density at radius 2 is 1.90 bits per heavy atom. The number of hydrogen-bond acceptors (Lipinski definition) is 7. The molecular weight excluding hydrogens is 434 g/mol. The van der Waals surface area contributed by atoms with Gasteiger partial charge in [-0.25, -0.2) is 4.98 Å². The average molecular weight is 464 g/mol. The fourth-order valence-corrected chi connectivity index (χ4v) is 6.84. The molecule has 2 aromatic rings. The van der Waals surface area contributed by atoms with Gasteiger partial charge >= 0.3 is 0 Å². The third-order valence-electron chi connectivity index (χ3n) is 6.33. The summed E-state index contributed by atoms with van der Waals surface area (Å²) in [4.78, 5) is 33.0. The number of aromatic nitrogens is 2. The molecular formula is C22H29N3O4S2. The average Bonchev–Trinajstić information content (AvgIpc) is 3.53. The van der Waals surface area contributed by atoms with E-state index in [0.717, 1.165) is 68.4 Å². The first kappa shape index (κ1) is 21.4. The van der Waals surface area contributed by atoms with E-state index in [1.807, 2.05) is 0 Å². The lowest BCUT2D eigenvalue weighted by atomic mass is 9.97. The van der Waals surface area contributed by atoms with Crippen LogP contribution in [0, 0.1) is 0 Å². The van der Waals surface area contributed by atoms with Crippen molar-refractivity contribution in [3.05, 3.63) is 20.8 Å². The summed E-state index contributed by atoms with van der Waals surface area (Å²) in [6.45, 7) is 2.58. The van der Waals surface area contributed by atoms with Gasteiger partial charge in [-0.3, -0.25) is 14.2 Å². The van der Waals surface area contributed by atoms with E-state index in [9.17, 15) is 9.59 Å². The van der Waals surface area contributed by atoms with E-state index >= 15 is 0 Å². The molecule has 1 amide bonds. The van der Waals surface area contributed by atoms with Crippen LogP contribution in [-0.4, -0.2) is 53.2 Å². The molecule has 0 unspecified atom stereocenters. The van der Waals surface area contributed by atoms with Crippen molar-refractivity contribution in [2.24, 2.45) is 0 Å². The van der Waals surface area contributed by atoms with E-state index in [2.05, 4.69) is 5.32 Å². The molecule has 0 bridgehead atoms. The van der Waals surface area contributed by atoms with E-state index < -0.39 is 0 Å². The highest BCUT2D eigenvalue weighted by atomic mass is 32.2. The van der Waals surface area contributed by atoms with Gasteiger partial charge in [-0.2, -0.15) is 0 Å². The highest BCUT2D eigenvalue weighted by Crippen LogP contribution is 2.35. The van der Waals surface area contributed by atoms with Crippen molar-refractivity contribution in [3.63, 3.8) is 0 Å². The van der Waals surface area contributed by atoms with E-state index in [4.69, 9.17) is 14.5 Å². The zero-order valence-electron chi connectivity index (χ0n) is 17.7. The summed E-state index contributed by atoms with van der Waals surface area (Å²) < 4.78 is 13.1. The molecule has 3 aliphatic rings. The van der Waals surface area contributed by atoms with Gasteiger partial charge in [0.15, 0.2) is 5.16 Å². The van der Waals surface area contributed by atoms with Crippen LogP contribution in [0.2, 0.25) is 0 Å². The standard InChI is InChI=1S/C22H29N3O4S2/c26-18(23-11-14-5-3-9-28-14)13-30-22-24-20-19(16-7-1-2-8-17(16)31-20)21(27)25(22)12-15-6-4-10-29-15/h14-15H,1-13H2,(H,23,26)/t14-,15+/m1/s1. The number of thiophene rings is 1. The zero-order chi connectivity index (χ0) is 21.2. The van der Waals surface area contributed by atoms with Gasteiger partial charge < -0.3 is 14.8 Å². The van der Waals surface area contributed by atoms with Gasteiger partial charge in [0.2, 0.25) is 5.91 Å². The number of fused-ring (bicyclic) bond motifs is 3. The first-order chi connectivity index (χ1) is 15.2. The number of hydrogen-bond donors (Lipinski definition) is 1. The highest BCUT2D eigenvalue weighted by molar-refractivity contribution is 7.99. The normalized spacial score (nSPS) is 23.4. The lowest BCUT2D eigenvalue weighted by Gasteiger charge is -2.16. The van der Waals surface area contributed by atoms with Crippen molar-refractivity contribution in [2.75, 3.05) is 25.5 Å². The molecule has 2 aromatic heterocycles. The van der Waals surface area contributed by atoms with Crippen LogP contribution in [0.25, 0.3) is 10.2 Å². The van der Waals surface area contributed by atoms with Crippen LogP contribution < -0.4 is 10.9 Å². The molecule has 7 nitrogen and oxygen atoms in total.